The van der Waals surface area contributed by atoms with Crippen molar-refractivity contribution in [3.63, 3.8) is 0 Å². The van der Waals surface area contributed by atoms with Crippen molar-refractivity contribution in [2.45, 2.75) is 102 Å². The second kappa shape index (κ2) is 15.8. The molecule has 3 fully saturated rings. The summed E-state index contributed by atoms with van der Waals surface area (Å²) in [5.41, 5.74) is 1.62. The fourth-order valence-electron chi connectivity index (χ4n) is 7.71. The topological polar surface area (TPSA) is 169 Å². The standard InChI is InChI=1S/C39H50N6O8S2/c1-23(2)30-22-54-36(41-30)29-19-33(28-13-14-32(51-5)24(3)34(28)40-29)53-27-18-31-35(46)42-39(38(48)43-55(49,50)44-15-9-10-16-44)20-26(39)12-8-6-7-11-17-52-25(4)37(47)45(31)21-27/h8,12-14,19,22-23,25-27,31H,6-7,9-11,15-18,20-21H2,1-5H3,(H,42,46)(H,43,48). The molecule has 0 spiro atoms. The maximum Gasteiger partial charge on any atom is 0.303 e. The van der Waals surface area contributed by atoms with Crippen molar-refractivity contribution in [1.29, 1.82) is 0 Å². The van der Waals surface area contributed by atoms with Gasteiger partial charge in [-0.2, -0.15) is 12.7 Å². The van der Waals surface area contributed by atoms with Crippen LogP contribution in [0.5, 0.6) is 11.5 Å². The van der Waals surface area contributed by atoms with Gasteiger partial charge in [0.15, 0.2) is 0 Å². The molecular weight excluding hydrogens is 745 g/mol. The van der Waals surface area contributed by atoms with Gasteiger partial charge in [-0.3, -0.25) is 14.4 Å². The summed E-state index contributed by atoms with van der Waals surface area (Å²) in [6, 6.07) is 4.58. The summed E-state index contributed by atoms with van der Waals surface area (Å²) in [4.78, 5) is 53.6. The Balaban J connectivity index is 1.20. The van der Waals surface area contributed by atoms with Gasteiger partial charge < -0.3 is 24.4 Å². The van der Waals surface area contributed by atoms with E-state index in [2.05, 4.69) is 23.9 Å². The molecule has 16 heteroatoms. The number of hydrogen-bond donors (Lipinski definition) is 2. The molecule has 55 heavy (non-hydrogen) atoms. The van der Waals surface area contributed by atoms with Crippen molar-refractivity contribution in [3.8, 4) is 22.2 Å². The molecule has 0 radical (unpaired) electrons. The van der Waals surface area contributed by atoms with E-state index < -0.39 is 51.7 Å². The number of thiazole rings is 1. The quantitative estimate of drug-likeness (QED) is 0.307. The number of pyridine rings is 1. The maximum atomic E-state index is 14.4. The Hall–Kier alpha value is -4.12. The summed E-state index contributed by atoms with van der Waals surface area (Å²) in [5.74, 6) is -0.685. The number of methoxy groups -OCH3 is 1. The molecular formula is C39H50N6O8S2. The van der Waals surface area contributed by atoms with Crippen molar-refractivity contribution >= 4 is 50.2 Å². The fraction of sp³-hybridized carbons (Fsp3) is 0.564. The normalized spacial score (nSPS) is 26.6. The van der Waals surface area contributed by atoms with Gasteiger partial charge in [-0.15, -0.1) is 11.3 Å². The molecule has 3 aromatic rings. The molecule has 4 aliphatic rings. The molecule has 0 bridgehead atoms. The molecule has 3 aliphatic heterocycles. The highest BCUT2D eigenvalue weighted by molar-refractivity contribution is 7.87. The highest BCUT2D eigenvalue weighted by Gasteiger charge is 2.62. The molecule has 5 heterocycles. The predicted octanol–water partition coefficient (Wildman–Crippen LogP) is 4.62. The lowest BCUT2D eigenvalue weighted by molar-refractivity contribution is -0.147. The molecule has 296 valence electrons. The fourth-order valence-corrected chi connectivity index (χ4v) is 9.93. The Morgan fingerprint density at radius 1 is 1.13 bits per heavy atom. The van der Waals surface area contributed by atoms with Gasteiger partial charge in [-0.05, 0) is 70.4 Å². The number of fused-ring (bicyclic) bond motifs is 3. The number of carbonyl (C=O) groups excluding carboxylic acids is 3. The molecule has 5 unspecified atom stereocenters. The molecule has 1 aromatic carbocycles. The average Bonchev–Trinajstić information content (AvgIpc) is 3.66. The van der Waals surface area contributed by atoms with E-state index in [9.17, 15) is 22.8 Å². The van der Waals surface area contributed by atoms with Gasteiger partial charge in [0.1, 0.15) is 46.0 Å². The van der Waals surface area contributed by atoms with Gasteiger partial charge in [0.25, 0.3) is 11.8 Å². The first kappa shape index (κ1) is 39.1. The van der Waals surface area contributed by atoms with Crippen molar-refractivity contribution in [2.24, 2.45) is 5.92 Å². The van der Waals surface area contributed by atoms with Crippen molar-refractivity contribution < 1.29 is 37.0 Å². The monoisotopic (exact) mass is 794 g/mol. The number of aryl methyl sites for hydroxylation is 1. The highest BCUT2D eigenvalue weighted by Crippen LogP contribution is 2.46. The van der Waals surface area contributed by atoms with E-state index in [1.165, 1.54) is 20.5 Å². The third-order valence-corrected chi connectivity index (χ3v) is 13.5. The first-order valence-electron chi connectivity index (χ1n) is 19.1. The van der Waals surface area contributed by atoms with Crippen molar-refractivity contribution in [3.05, 3.63) is 47.0 Å². The van der Waals surface area contributed by atoms with Gasteiger partial charge in [0, 0.05) is 54.4 Å². The van der Waals surface area contributed by atoms with E-state index >= 15 is 0 Å². The summed E-state index contributed by atoms with van der Waals surface area (Å²) < 4.78 is 48.2. The second-order valence-electron chi connectivity index (χ2n) is 15.3. The van der Waals surface area contributed by atoms with E-state index in [-0.39, 0.29) is 31.2 Å². The highest BCUT2D eigenvalue weighted by atomic mass is 32.2. The number of nitrogens with one attached hydrogen (secondary N) is 2. The number of benzene rings is 1. The molecule has 2 aromatic heterocycles. The van der Waals surface area contributed by atoms with E-state index in [1.54, 1.807) is 14.0 Å². The molecule has 7 rings (SSSR count). The van der Waals surface area contributed by atoms with Crippen molar-refractivity contribution in [2.75, 3.05) is 33.4 Å². The largest absolute Gasteiger partial charge is 0.496 e. The number of hydrogen-bond acceptors (Lipinski definition) is 11. The molecule has 14 nitrogen and oxygen atoms in total. The van der Waals surface area contributed by atoms with Crippen LogP contribution >= 0.6 is 11.3 Å². The van der Waals surface area contributed by atoms with Crippen LogP contribution in [0.25, 0.3) is 21.6 Å². The van der Waals surface area contributed by atoms with Crippen LogP contribution in [-0.2, 0) is 29.3 Å². The van der Waals surface area contributed by atoms with Crippen LogP contribution in [0.4, 0.5) is 0 Å². The van der Waals surface area contributed by atoms with Gasteiger partial charge in [-0.1, -0.05) is 26.0 Å². The minimum absolute atomic E-state index is 0.0829. The number of ether oxygens (including phenoxy) is 3. The Kier molecular flexibility index (Phi) is 11.2. The predicted molar refractivity (Wildman–Crippen MR) is 208 cm³/mol. The summed E-state index contributed by atoms with van der Waals surface area (Å²) in [6.07, 6.45) is 6.42. The number of allylic oxidation sites excluding steroid dienone is 1. The summed E-state index contributed by atoms with van der Waals surface area (Å²) in [7, 11) is -2.48. The van der Waals surface area contributed by atoms with Gasteiger partial charge in [0.05, 0.1) is 24.9 Å². The first-order chi connectivity index (χ1) is 26.3. The van der Waals surface area contributed by atoms with Crippen LogP contribution in [-0.4, -0.2) is 102 Å². The molecule has 3 amide bonds. The lowest BCUT2D eigenvalue weighted by atomic mass is 10.1. The minimum atomic E-state index is -4.09. The van der Waals surface area contributed by atoms with Crippen molar-refractivity contribution in [1.82, 2.24) is 29.2 Å². The Morgan fingerprint density at radius 3 is 2.64 bits per heavy atom. The number of carbonyl (C=O) groups is 3. The Bertz CT molecular complexity index is 2100. The lowest BCUT2D eigenvalue weighted by Gasteiger charge is -2.28. The van der Waals surface area contributed by atoms with E-state index in [1.807, 2.05) is 42.7 Å². The van der Waals surface area contributed by atoms with Crippen LogP contribution in [0.2, 0.25) is 0 Å². The third-order valence-electron chi connectivity index (χ3n) is 11.1. The average molecular weight is 795 g/mol. The van der Waals surface area contributed by atoms with Gasteiger partial charge in [0.2, 0.25) is 5.91 Å². The summed E-state index contributed by atoms with van der Waals surface area (Å²) in [6.45, 7) is 8.90. The summed E-state index contributed by atoms with van der Waals surface area (Å²) >= 11 is 1.50. The molecule has 1 saturated carbocycles. The van der Waals surface area contributed by atoms with Gasteiger partial charge >= 0.3 is 10.2 Å². The first-order valence-corrected chi connectivity index (χ1v) is 21.5. The molecule has 1 aliphatic carbocycles. The molecule has 5 atom stereocenters. The Morgan fingerprint density at radius 2 is 1.91 bits per heavy atom. The van der Waals surface area contributed by atoms with E-state index in [0.29, 0.717) is 61.7 Å². The number of rotatable bonds is 8. The van der Waals surface area contributed by atoms with E-state index in [4.69, 9.17) is 24.2 Å². The van der Waals surface area contributed by atoms with Crippen LogP contribution in [0.3, 0.4) is 0 Å². The third kappa shape index (κ3) is 7.96. The summed E-state index contributed by atoms with van der Waals surface area (Å²) in [5, 5.41) is 6.42. The number of aromatic nitrogens is 2. The zero-order valence-electron chi connectivity index (χ0n) is 32.0. The van der Waals surface area contributed by atoms with Gasteiger partial charge in [-0.25, -0.2) is 14.7 Å². The number of nitrogens with zero attached hydrogens (tertiary/aromatic N) is 4. The maximum absolute atomic E-state index is 14.4. The zero-order valence-corrected chi connectivity index (χ0v) is 33.6. The van der Waals surface area contributed by atoms with Crippen LogP contribution in [0.15, 0.2) is 35.7 Å². The molecule has 2 N–H and O–H groups in total. The Labute approximate surface area is 326 Å². The van der Waals surface area contributed by atoms with E-state index in [0.717, 1.165) is 34.5 Å². The van der Waals surface area contributed by atoms with Crippen LogP contribution in [0, 0.1) is 12.8 Å². The smallest absolute Gasteiger partial charge is 0.303 e. The lowest BCUT2D eigenvalue weighted by Crippen LogP contribution is -2.58. The zero-order chi connectivity index (χ0) is 39.1. The number of amides is 3. The van der Waals surface area contributed by atoms with Crippen LogP contribution < -0.4 is 19.5 Å². The van der Waals surface area contributed by atoms with Crippen LogP contribution in [0.1, 0.15) is 82.9 Å². The second-order valence-corrected chi connectivity index (χ2v) is 17.8. The minimum Gasteiger partial charge on any atom is -0.496 e. The SMILES string of the molecule is COc1ccc2c(OC3CC4C(=O)NC5(C(=O)NS(=O)(=O)N6CCCC6)CC5C=CCCCCOC(C)C(=O)N4C3)cc(-c3nc(C(C)C)cs3)nc2c1C. The molecule has 2 saturated heterocycles.